The fraction of sp³-hybridized carbons (Fsp3) is 0.400. The fourth-order valence-corrected chi connectivity index (χ4v) is 1.51. The van der Waals surface area contributed by atoms with Crippen molar-refractivity contribution < 1.29 is 4.74 Å². The van der Waals surface area contributed by atoms with Crippen LogP contribution in [0.4, 0.5) is 5.69 Å². The highest BCUT2D eigenvalue weighted by Crippen LogP contribution is 2.35. The zero-order valence-corrected chi connectivity index (χ0v) is 7.37. The number of anilines is 1. The number of hydrogen-bond acceptors (Lipinski definition) is 2. The van der Waals surface area contributed by atoms with Crippen molar-refractivity contribution in [2.75, 3.05) is 11.9 Å². The van der Waals surface area contributed by atoms with E-state index in [1.807, 2.05) is 25.2 Å². The molecule has 0 bridgehead atoms. The van der Waals surface area contributed by atoms with Crippen LogP contribution in [0, 0.1) is 6.07 Å². The first-order valence-corrected chi connectivity index (χ1v) is 4.23. The Hall–Kier alpha value is -1.18. The van der Waals surface area contributed by atoms with Crippen LogP contribution >= 0.6 is 0 Å². The van der Waals surface area contributed by atoms with Gasteiger partial charge in [0, 0.05) is 19.5 Å². The van der Waals surface area contributed by atoms with Gasteiger partial charge in [-0.1, -0.05) is 19.1 Å². The van der Waals surface area contributed by atoms with Crippen LogP contribution < -0.4 is 9.64 Å². The molecule has 1 aromatic carbocycles. The van der Waals surface area contributed by atoms with Gasteiger partial charge in [-0.15, -0.1) is 0 Å². The molecule has 1 radical (unpaired) electrons. The Labute approximate surface area is 72.8 Å². The number of nitrogens with zero attached hydrogens (tertiary/aromatic N) is 1. The Bertz CT molecular complexity index is 285. The van der Waals surface area contributed by atoms with Crippen LogP contribution in [0.25, 0.3) is 0 Å². The summed E-state index contributed by atoms with van der Waals surface area (Å²) in [4.78, 5) is 2.12. The Morgan fingerprint density at radius 3 is 3.17 bits per heavy atom. The Morgan fingerprint density at radius 2 is 2.50 bits per heavy atom. The molecule has 0 amide bonds. The van der Waals surface area contributed by atoms with Crippen molar-refractivity contribution in [3.8, 4) is 5.75 Å². The summed E-state index contributed by atoms with van der Waals surface area (Å²) in [6.07, 6.45) is 1.19. The number of rotatable bonds is 1. The van der Waals surface area contributed by atoms with Crippen LogP contribution in [0.2, 0.25) is 0 Å². The molecule has 12 heavy (non-hydrogen) atoms. The van der Waals surface area contributed by atoms with Crippen molar-refractivity contribution >= 4 is 5.69 Å². The molecule has 1 aromatic rings. The molecule has 1 aliphatic rings. The molecular weight excluding hydrogens is 150 g/mol. The molecule has 2 rings (SSSR count). The molecule has 1 heterocycles. The lowest BCUT2D eigenvalue weighted by Crippen LogP contribution is -2.29. The van der Waals surface area contributed by atoms with Gasteiger partial charge in [0.25, 0.3) is 0 Å². The molecule has 0 spiro atoms. The molecule has 63 valence electrons. The topological polar surface area (TPSA) is 12.5 Å². The zero-order valence-electron chi connectivity index (χ0n) is 7.37. The first-order valence-electron chi connectivity index (χ1n) is 4.23. The van der Waals surface area contributed by atoms with E-state index in [1.54, 1.807) is 0 Å². The number of para-hydroxylation sites is 1. The summed E-state index contributed by atoms with van der Waals surface area (Å²) in [5.41, 5.74) is 1.07. The lowest BCUT2D eigenvalue weighted by atomic mass is 10.3. The molecule has 0 fully saturated rings. The zero-order chi connectivity index (χ0) is 8.55. The summed E-state index contributed by atoms with van der Waals surface area (Å²) in [6.45, 7) is 2.12. The number of fused-ring (bicyclic) bond motifs is 1. The Morgan fingerprint density at radius 1 is 1.67 bits per heavy atom. The molecule has 0 N–H and O–H groups in total. The second-order valence-electron chi connectivity index (χ2n) is 2.97. The quantitative estimate of drug-likeness (QED) is 0.626. The second kappa shape index (κ2) is 2.70. The van der Waals surface area contributed by atoms with E-state index in [2.05, 4.69) is 17.9 Å². The van der Waals surface area contributed by atoms with Gasteiger partial charge in [0.15, 0.2) is 6.23 Å². The summed E-state index contributed by atoms with van der Waals surface area (Å²) in [5, 5.41) is 0. The van der Waals surface area contributed by atoms with Crippen molar-refractivity contribution in [3.05, 3.63) is 24.3 Å². The summed E-state index contributed by atoms with van der Waals surface area (Å²) in [5.74, 6) is 0.951. The van der Waals surface area contributed by atoms with Gasteiger partial charge in [-0.3, -0.25) is 0 Å². The molecular formula is C10H12NO. The molecule has 2 heteroatoms. The summed E-state index contributed by atoms with van der Waals surface area (Å²) >= 11 is 0. The van der Waals surface area contributed by atoms with Crippen LogP contribution in [-0.2, 0) is 0 Å². The van der Waals surface area contributed by atoms with Crippen LogP contribution in [0.1, 0.15) is 13.3 Å². The average Bonchev–Trinajstić information content (AvgIpc) is 2.44. The predicted molar refractivity (Wildman–Crippen MR) is 48.4 cm³/mol. The smallest absolute Gasteiger partial charge is 0.172 e. The predicted octanol–water partition coefficient (Wildman–Crippen LogP) is 2.05. The van der Waals surface area contributed by atoms with Gasteiger partial charge in [-0.05, 0) is 6.07 Å². The summed E-state index contributed by atoms with van der Waals surface area (Å²) in [7, 11) is 2.04. The van der Waals surface area contributed by atoms with E-state index in [0.29, 0.717) is 0 Å². The maximum Gasteiger partial charge on any atom is 0.172 e. The van der Waals surface area contributed by atoms with E-state index >= 15 is 0 Å². The van der Waals surface area contributed by atoms with Gasteiger partial charge < -0.3 is 9.64 Å². The summed E-state index contributed by atoms with van der Waals surface area (Å²) < 4.78 is 5.66. The third kappa shape index (κ3) is 0.951. The van der Waals surface area contributed by atoms with Gasteiger partial charge in [0.2, 0.25) is 0 Å². The van der Waals surface area contributed by atoms with E-state index in [1.165, 1.54) is 0 Å². The number of hydrogen-bond donors (Lipinski definition) is 0. The van der Waals surface area contributed by atoms with Gasteiger partial charge in [-0.2, -0.15) is 0 Å². The molecule has 0 saturated heterocycles. The maximum atomic E-state index is 5.66. The third-order valence-electron chi connectivity index (χ3n) is 2.19. The number of benzene rings is 1. The average molecular weight is 162 g/mol. The fourth-order valence-electron chi connectivity index (χ4n) is 1.51. The van der Waals surface area contributed by atoms with Crippen molar-refractivity contribution in [2.45, 2.75) is 19.6 Å². The minimum Gasteiger partial charge on any atom is -0.468 e. The highest BCUT2D eigenvalue weighted by atomic mass is 16.5. The molecule has 2 nitrogen and oxygen atoms in total. The van der Waals surface area contributed by atoms with Gasteiger partial charge in [0.1, 0.15) is 5.75 Å². The van der Waals surface area contributed by atoms with Crippen LogP contribution in [0.15, 0.2) is 18.2 Å². The first kappa shape index (κ1) is 7.47. The van der Waals surface area contributed by atoms with Crippen LogP contribution in [0.5, 0.6) is 5.75 Å². The highest BCUT2D eigenvalue weighted by Gasteiger charge is 2.25. The lowest BCUT2D eigenvalue weighted by molar-refractivity contribution is 0.225. The Kier molecular flexibility index (Phi) is 1.68. The minimum absolute atomic E-state index is 0.193. The number of ether oxygens (including phenoxy) is 1. The van der Waals surface area contributed by atoms with E-state index in [-0.39, 0.29) is 6.23 Å². The monoisotopic (exact) mass is 162 g/mol. The van der Waals surface area contributed by atoms with E-state index in [0.717, 1.165) is 17.9 Å². The standard InChI is InChI=1S/C10H12NO/c1-3-10-11(2)8-6-4-5-7-9(8)12-10/h4-5,7,10H,3H2,1-2H3. The molecule has 0 aliphatic carbocycles. The van der Waals surface area contributed by atoms with Gasteiger partial charge in [0.05, 0.1) is 5.69 Å². The van der Waals surface area contributed by atoms with Crippen LogP contribution in [-0.4, -0.2) is 13.3 Å². The largest absolute Gasteiger partial charge is 0.468 e. The van der Waals surface area contributed by atoms with Gasteiger partial charge >= 0.3 is 0 Å². The van der Waals surface area contributed by atoms with E-state index in [9.17, 15) is 0 Å². The third-order valence-corrected chi connectivity index (χ3v) is 2.19. The molecule has 1 unspecified atom stereocenters. The lowest BCUT2D eigenvalue weighted by Gasteiger charge is -2.17. The highest BCUT2D eigenvalue weighted by molar-refractivity contribution is 5.60. The van der Waals surface area contributed by atoms with E-state index < -0.39 is 0 Å². The van der Waals surface area contributed by atoms with Crippen LogP contribution in [0.3, 0.4) is 0 Å². The molecule has 1 aliphatic heterocycles. The van der Waals surface area contributed by atoms with Crippen molar-refractivity contribution in [3.63, 3.8) is 0 Å². The Balaban J connectivity index is 2.35. The minimum atomic E-state index is 0.193. The maximum absolute atomic E-state index is 5.66. The van der Waals surface area contributed by atoms with E-state index in [4.69, 9.17) is 4.74 Å². The summed E-state index contributed by atoms with van der Waals surface area (Å²) in [6, 6.07) is 9.01. The SMILES string of the molecule is CCC1Oc2ccc[c]c2N1C. The second-order valence-corrected chi connectivity index (χ2v) is 2.97. The van der Waals surface area contributed by atoms with Crippen molar-refractivity contribution in [1.29, 1.82) is 0 Å². The molecule has 1 atom stereocenters. The molecule has 0 saturated carbocycles. The van der Waals surface area contributed by atoms with Crippen molar-refractivity contribution in [1.82, 2.24) is 0 Å². The molecule has 0 aromatic heterocycles. The van der Waals surface area contributed by atoms with Gasteiger partial charge in [-0.25, -0.2) is 0 Å². The van der Waals surface area contributed by atoms with Crippen molar-refractivity contribution in [2.24, 2.45) is 0 Å². The normalized spacial score (nSPS) is 20.5. The first-order chi connectivity index (χ1) is 5.83.